The predicted molar refractivity (Wildman–Crippen MR) is 69.6 cm³/mol. The van der Waals surface area contributed by atoms with Gasteiger partial charge >= 0.3 is 0 Å². The number of anilines is 1. The van der Waals surface area contributed by atoms with Crippen LogP contribution >= 0.6 is 11.6 Å². The Labute approximate surface area is 109 Å². The number of hydrogen-bond donors (Lipinski definition) is 2. The van der Waals surface area contributed by atoms with Crippen LogP contribution in [-0.2, 0) is 6.42 Å². The van der Waals surface area contributed by atoms with Crippen LogP contribution in [0.3, 0.4) is 0 Å². The summed E-state index contributed by atoms with van der Waals surface area (Å²) in [4.78, 5) is 8.39. The van der Waals surface area contributed by atoms with Gasteiger partial charge in [-0.1, -0.05) is 24.6 Å². The van der Waals surface area contributed by atoms with E-state index >= 15 is 0 Å². The Morgan fingerprint density at radius 2 is 2.17 bits per heavy atom. The Hall–Kier alpha value is -1.72. The molecule has 0 bridgehead atoms. The van der Waals surface area contributed by atoms with E-state index < -0.39 is 5.82 Å². The normalized spacial score (nSPS) is 10.4. The lowest BCUT2D eigenvalue weighted by atomic mass is 10.2. The summed E-state index contributed by atoms with van der Waals surface area (Å²) in [7, 11) is 0. The first-order valence-corrected chi connectivity index (χ1v) is 5.82. The standard InChI is InChI=1S/C12H12ClFN4/c1-2-7-6-10(18-15)17-12(16-7)8-4-3-5-9(13)11(8)14/h3-6H,2,15H2,1H3,(H,16,17,18). The van der Waals surface area contributed by atoms with Crippen LogP contribution in [0.1, 0.15) is 12.6 Å². The van der Waals surface area contributed by atoms with E-state index in [1.807, 2.05) is 6.92 Å². The van der Waals surface area contributed by atoms with Gasteiger partial charge in [0, 0.05) is 11.8 Å². The molecule has 4 nitrogen and oxygen atoms in total. The summed E-state index contributed by atoms with van der Waals surface area (Å²) < 4.78 is 13.9. The Morgan fingerprint density at radius 1 is 1.39 bits per heavy atom. The molecule has 0 aliphatic carbocycles. The van der Waals surface area contributed by atoms with E-state index in [1.165, 1.54) is 6.07 Å². The number of rotatable bonds is 3. The molecule has 0 spiro atoms. The van der Waals surface area contributed by atoms with Crippen molar-refractivity contribution in [3.63, 3.8) is 0 Å². The average molecular weight is 267 g/mol. The quantitative estimate of drug-likeness (QED) is 0.662. The van der Waals surface area contributed by atoms with Crippen molar-refractivity contribution in [1.29, 1.82) is 0 Å². The third kappa shape index (κ3) is 2.42. The second-order valence-corrected chi connectivity index (χ2v) is 4.07. The maximum atomic E-state index is 13.9. The molecule has 0 saturated carbocycles. The fraction of sp³-hybridized carbons (Fsp3) is 0.167. The molecule has 6 heteroatoms. The van der Waals surface area contributed by atoms with Gasteiger partial charge in [0.25, 0.3) is 0 Å². The molecule has 18 heavy (non-hydrogen) atoms. The van der Waals surface area contributed by atoms with Gasteiger partial charge in [0.2, 0.25) is 0 Å². The zero-order chi connectivity index (χ0) is 13.1. The van der Waals surface area contributed by atoms with Gasteiger partial charge in [-0.05, 0) is 18.6 Å². The number of nitrogen functional groups attached to an aromatic ring is 1. The molecular formula is C12H12ClFN4. The third-order valence-corrected chi connectivity index (χ3v) is 2.77. The number of nitrogens with one attached hydrogen (secondary N) is 1. The number of nitrogens with zero attached hydrogens (tertiary/aromatic N) is 2. The molecule has 0 unspecified atom stereocenters. The summed E-state index contributed by atoms with van der Waals surface area (Å²) in [5.74, 6) is 5.50. The second kappa shape index (κ2) is 5.29. The van der Waals surface area contributed by atoms with Crippen LogP contribution in [0.25, 0.3) is 11.4 Å². The summed E-state index contributed by atoms with van der Waals surface area (Å²) in [5.41, 5.74) is 3.47. The van der Waals surface area contributed by atoms with Crippen molar-refractivity contribution in [3.05, 3.63) is 40.8 Å². The zero-order valence-corrected chi connectivity index (χ0v) is 10.5. The summed E-state index contributed by atoms with van der Waals surface area (Å²) in [6.45, 7) is 1.95. The number of benzene rings is 1. The lowest BCUT2D eigenvalue weighted by Gasteiger charge is -2.07. The summed E-state index contributed by atoms with van der Waals surface area (Å²) in [6.07, 6.45) is 0.701. The van der Waals surface area contributed by atoms with E-state index in [9.17, 15) is 4.39 Å². The number of hydrazine groups is 1. The number of halogens is 2. The third-order valence-electron chi connectivity index (χ3n) is 2.48. The van der Waals surface area contributed by atoms with Gasteiger partial charge in [-0.25, -0.2) is 20.2 Å². The molecule has 3 N–H and O–H groups in total. The van der Waals surface area contributed by atoms with Crippen molar-refractivity contribution in [2.45, 2.75) is 13.3 Å². The van der Waals surface area contributed by atoms with E-state index in [0.717, 1.165) is 5.69 Å². The van der Waals surface area contributed by atoms with Crippen LogP contribution in [-0.4, -0.2) is 9.97 Å². The molecule has 0 amide bonds. The number of hydrogen-bond acceptors (Lipinski definition) is 4. The van der Waals surface area contributed by atoms with Crippen molar-refractivity contribution < 1.29 is 4.39 Å². The van der Waals surface area contributed by atoms with Gasteiger partial charge in [0.15, 0.2) is 11.6 Å². The molecule has 0 radical (unpaired) electrons. The van der Waals surface area contributed by atoms with Crippen LogP contribution in [0.2, 0.25) is 5.02 Å². The minimum Gasteiger partial charge on any atom is -0.308 e. The largest absolute Gasteiger partial charge is 0.308 e. The number of aryl methyl sites for hydroxylation is 1. The fourth-order valence-electron chi connectivity index (χ4n) is 1.55. The van der Waals surface area contributed by atoms with Gasteiger partial charge in [-0.3, -0.25) is 0 Å². The summed E-state index contributed by atoms with van der Waals surface area (Å²) >= 11 is 5.74. The average Bonchev–Trinajstić information content (AvgIpc) is 2.41. The minimum atomic E-state index is -0.532. The topological polar surface area (TPSA) is 63.8 Å². The molecule has 2 rings (SSSR count). The van der Waals surface area contributed by atoms with Gasteiger partial charge in [-0.15, -0.1) is 0 Å². The van der Waals surface area contributed by atoms with E-state index in [1.54, 1.807) is 18.2 Å². The molecular weight excluding hydrogens is 255 g/mol. The molecule has 1 heterocycles. The maximum absolute atomic E-state index is 13.9. The smallest absolute Gasteiger partial charge is 0.164 e. The highest BCUT2D eigenvalue weighted by molar-refractivity contribution is 6.31. The molecule has 0 fully saturated rings. The maximum Gasteiger partial charge on any atom is 0.164 e. The molecule has 0 saturated heterocycles. The molecule has 0 aliphatic rings. The van der Waals surface area contributed by atoms with Crippen LogP contribution in [0.5, 0.6) is 0 Å². The van der Waals surface area contributed by atoms with Gasteiger partial charge in [0.05, 0.1) is 10.6 Å². The highest BCUT2D eigenvalue weighted by Crippen LogP contribution is 2.26. The molecule has 0 aliphatic heterocycles. The van der Waals surface area contributed by atoms with Gasteiger partial charge in [-0.2, -0.15) is 0 Å². The molecule has 2 aromatic rings. The zero-order valence-electron chi connectivity index (χ0n) is 9.74. The lowest BCUT2D eigenvalue weighted by Crippen LogP contribution is -2.10. The van der Waals surface area contributed by atoms with E-state index in [-0.39, 0.29) is 16.4 Å². The second-order valence-electron chi connectivity index (χ2n) is 3.67. The van der Waals surface area contributed by atoms with E-state index in [0.29, 0.717) is 12.2 Å². The van der Waals surface area contributed by atoms with E-state index in [2.05, 4.69) is 15.4 Å². The summed E-state index contributed by atoms with van der Waals surface area (Å²) in [6, 6.07) is 6.42. The van der Waals surface area contributed by atoms with Gasteiger partial charge in [0.1, 0.15) is 5.82 Å². The van der Waals surface area contributed by atoms with Crippen molar-refractivity contribution in [2.75, 3.05) is 5.43 Å². The minimum absolute atomic E-state index is 0.0419. The monoisotopic (exact) mass is 266 g/mol. The molecule has 1 aromatic carbocycles. The highest BCUT2D eigenvalue weighted by Gasteiger charge is 2.12. The number of nitrogens with two attached hydrogens (primary N) is 1. The summed E-state index contributed by atoms with van der Waals surface area (Å²) in [5, 5.41) is 0.0419. The van der Waals surface area contributed by atoms with Crippen LogP contribution in [0.15, 0.2) is 24.3 Å². The Kier molecular flexibility index (Phi) is 3.74. The first kappa shape index (κ1) is 12.7. The van der Waals surface area contributed by atoms with Crippen molar-refractivity contribution in [2.24, 2.45) is 5.84 Å². The first-order valence-electron chi connectivity index (χ1n) is 5.44. The fourth-order valence-corrected chi connectivity index (χ4v) is 1.72. The van der Waals surface area contributed by atoms with Gasteiger partial charge < -0.3 is 5.43 Å². The van der Waals surface area contributed by atoms with E-state index in [4.69, 9.17) is 17.4 Å². The predicted octanol–water partition coefficient (Wildman–Crippen LogP) is 2.78. The van der Waals surface area contributed by atoms with Crippen LogP contribution in [0, 0.1) is 5.82 Å². The molecule has 0 atom stereocenters. The Bertz CT molecular complexity index is 552. The van der Waals surface area contributed by atoms with Crippen LogP contribution in [0.4, 0.5) is 10.2 Å². The number of aromatic nitrogens is 2. The van der Waals surface area contributed by atoms with Crippen LogP contribution < -0.4 is 11.3 Å². The molecule has 1 aromatic heterocycles. The SMILES string of the molecule is CCc1cc(NN)nc(-c2cccc(Cl)c2F)n1. The Morgan fingerprint density at radius 3 is 2.83 bits per heavy atom. The van der Waals surface area contributed by atoms with Crippen molar-refractivity contribution in [3.8, 4) is 11.4 Å². The van der Waals surface area contributed by atoms with Crippen molar-refractivity contribution >= 4 is 17.4 Å². The van der Waals surface area contributed by atoms with Crippen molar-refractivity contribution in [1.82, 2.24) is 9.97 Å². The molecule has 94 valence electrons. The first-order chi connectivity index (χ1) is 8.65. The highest BCUT2D eigenvalue weighted by atomic mass is 35.5. The Balaban J connectivity index is 2.59. The lowest BCUT2D eigenvalue weighted by molar-refractivity contribution is 0.630.